The van der Waals surface area contributed by atoms with Gasteiger partial charge in [-0.3, -0.25) is 10.1 Å². The third kappa shape index (κ3) is 2.94. The van der Waals surface area contributed by atoms with Crippen LogP contribution in [0, 0.1) is 17.0 Å². The highest BCUT2D eigenvalue weighted by molar-refractivity contribution is 6.31. The van der Waals surface area contributed by atoms with Crippen LogP contribution in [0.5, 0.6) is 0 Å². The Hall–Kier alpha value is -1.85. The Labute approximate surface area is 119 Å². The number of hydrogen-bond acceptors (Lipinski definition) is 4. The summed E-state index contributed by atoms with van der Waals surface area (Å²) in [5, 5.41) is 14.6. The zero-order chi connectivity index (χ0) is 14.0. The average molecular weight is 298 g/mol. The van der Waals surface area contributed by atoms with Crippen molar-refractivity contribution in [2.75, 3.05) is 5.32 Å². The van der Waals surface area contributed by atoms with Gasteiger partial charge in [-0.25, -0.2) is 4.98 Å². The highest BCUT2D eigenvalue weighted by Gasteiger charge is 2.16. The molecule has 0 amide bonds. The van der Waals surface area contributed by atoms with E-state index in [4.69, 9.17) is 23.2 Å². The third-order valence-electron chi connectivity index (χ3n) is 2.56. The molecule has 5 nitrogen and oxygen atoms in total. The van der Waals surface area contributed by atoms with E-state index >= 15 is 0 Å². The Morgan fingerprint density at radius 1 is 1.26 bits per heavy atom. The van der Waals surface area contributed by atoms with Gasteiger partial charge in [-0.15, -0.1) is 0 Å². The Morgan fingerprint density at radius 2 is 2.00 bits per heavy atom. The fourth-order valence-corrected chi connectivity index (χ4v) is 1.86. The molecule has 1 aromatic carbocycles. The number of nitrogens with zero attached hydrogens (tertiary/aromatic N) is 2. The van der Waals surface area contributed by atoms with Crippen LogP contribution in [0.4, 0.5) is 17.2 Å². The maximum atomic E-state index is 10.9. The van der Waals surface area contributed by atoms with E-state index in [1.807, 2.05) is 0 Å². The maximum Gasteiger partial charge on any atom is 0.311 e. The van der Waals surface area contributed by atoms with Crippen molar-refractivity contribution in [3.8, 4) is 0 Å². The smallest absolute Gasteiger partial charge is 0.311 e. The number of nitro groups is 1. The molecular weight excluding hydrogens is 289 g/mol. The molecule has 2 aromatic rings. The van der Waals surface area contributed by atoms with E-state index in [0.717, 1.165) is 5.56 Å². The monoisotopic (exact) mass is 297 g/mol. The van der Waals surface area contributed by atoms with Crippen LogP contribution in [0.15, 0.2) is 30.3 Å². The number of anilines is 2. The van der Waals surface area contributed by atoms with Gasteiger partial charge in [0.15, 0.2) is 0 Å². The van der Waals surface area contributed by atoms with Crippen LogP contribution in [0.3, 0.4) is 0 Å². The van der Waals surface area contributed by atoms with Crippen molar-refractivity contribution < 1.29 is 4.92 Å². The topological polar surface area (TPSA) is 68.1 Å². The fraction of sp³-hybridized carbons (Fsp3) is 0.0833. The van der Waals surface area contributed by atoms with Crippen LogP contribution >= 0.6 is 23.2 Å². The molecule has 2 rings (SSSR count). The summed E-state index contributed by atoms with van der Waals surface area (Å²) in [6.07, 6.45) is 0. The molecule has 19 heavy (non-hydrogen) atoms. The molecule has 0 bridgehead atoms. The van der Waals surface area contributed by atoms with Gasteiger partial charge in [-0.1, -0.05) is 29.3 Å². The first-order chi connectivity index (χ1) is 8.99. The van der Waals surface area contributed by atoms with Crippen molar-refractivity contribution in [1.82, 2.24) is 4.98 Å². The number of hydrogen-bond donors (Lipinski definition) is 1. The van der Waals surface area contributed by atoms with Gasteiger partial charge in [-0.2, -0.15) is 0 Å². The first kappa shape index (κ1) is 13.6. The van der Waals surface area contributed by atoms with E-state index in [0.29, 0.717) is 10.7 Å². The molecule has 0 unspecified atom stereocenters. The zero-order valence-corrected chi connectivity index (χ0v) is 11.4. The highest BCUT2D eigenvalue weighted by Crippen LogP contribution is 2.30. The highest BCUT2D eigenvalue weighted by atomic mass is 35.5. The lowest BCUT2D eigenvalue weighted by atomic mass is 10.2. The van der Waals surface area contributed by atoms with E-state index in [1.165, 1.54) is 12.1 Å². The molecule has 1 N–H and O–H groups in total. The third-order valence-corrected chi connectivity index (χ3v) is 3.18. The van der Waals surface area contributed by atoms with Gasteiger partial charge in [0, 0.05) is 16.8 Å². The summed E-state index contributed by atoms with van der Waals surface area (Å²) in [4.78, 5) is 14.3. The number of pyridine rings is 1. The minimum atomic E-state index is -0.522. The number of halogens is 2. The maximum absolute atomic E-state index is 10.9. The van der Waals surface area contributed by atoms with Gasteiger partial charge in [0.25, 0.3) is 0 Å². The lowest BCUT2D eigenvalue weighted by molar-refractivity contribution is -0.384. The molecule has 0 aliphatic carbocycles. The second-order valence-corrected chi connectivity index (χ2v) is 4.59. The summed E-state index contributed by atoms with van der Waals surface area (Å²) in [6.45, 7) is 1.81. The van der Waals surface area contributed by atoms with Crippen molar-refractivity contribution in [1.29, 1.82) is 0 Å². The molecule has 0 atom stereocenters. The van der Waals surface area contributed by atoms with Crippen LogP contribution in [-0.4, -0.2) is 9.91 Å². The lowest BCUT2D eigenvalue weighted by Crippen LogP contribution is -2.01. The van der Waals surface area contributed by atoms with Gasteiger partial charge >= 0.3 is 5.69 Å². The standard InChI is InChI=1S/C12H9Cl2N3O2/c1-7-8(13)3-2-4-9(7)15-12-10(17(18)19)5-6-11(14)16-12/h2-6H,1H3,(H,15,16). The summed E-state index contributed by atoms with van der Waals surface area (Å²) in [7, 11) is 0. The van der Waals surface area contributed by atoms with Crippen molar-refractivity contribution in [2.24, 2.45) is 0 Å². The number of aromatic nitrogens is 1. The molecule has 7 heteroatoms. The quantitative estimate of drug-likeness (QED) is 0.519. The van der Waals surface area contributed by atoms with Crippen molar-refractivity contribution in [2.45, 2.75) is 6.92 Å². The largest absolute Gasteiger partial charge is 0.334 e. The van der Waals surface area contributed by atoms with Crippen molar-refractivity contribution in [3.63, 3.8) is 0 Å². The number of nitrogens with one attached hydrogen (secondary N) is 1. The normalized spacial score (nSPS) is 10.3. The summed E-state index contributed by atoms with van der Waals surface area (Å²) in [5.41, 5.74) is 1.27. The average Bonchev–Trinajstić information content (AvgIpc) is 2.35. The lowest BCUT2D eigenvalue weighted by Gasteiger charge is -2.10. The first-order valence-corrected chi connectivity index (χ1v) is 6.07. The van der Waals surface area contributed by atoms with Crippen molar-refractivity contribution >= 4 is 40.4 Å². The first-order valence-electron chi connectivity index (χ1n) is 5.32. The number of rotatable bonds is 3. The van der Waals surface area contributed by atoms with Gasteiger partial charge < -0.3 is 5.32 Å². The Balaban J connectivity index is 2.45. The molecule has 98 valence electrons. The fourth-order valence-electron chi connectivity index (χ4n) is 1.54. The molecule has 1 aromatic heterocycles. The summed E-state index contributed by atoms with van der Waals surface area (Å²) in [5.74, 6) is 0.0860. The predicted octanol–water partition coefficient (Wildman–Crippen LogP) is 4.35. The molecular formula is C12H9Cl2N3O2. The van der Waals surface area contributed by atoms with Crippen LogP contribution in [0.2, 0.25) is 10.2 Å². The van der Waals surface area contributed by atoms with Gasteiger partial charge in [0.2, 0.25) is 5.82 Å². The minimum Gasteiger partial charge on any atom is -0.334 e. The van der Waals surface area contributed by atoms with Crippen LogP contribution in [0.1, 0.15) is 5.56 Å². The molecule has 0 fully saturated rings. The van der Waals surface area contributed by atoms with E-state index in [1.54, 1.807) is 25.1 Å². The van der Waals surface area contributed by atoms with Crippen LogP contribution in [0.25, 0.3) is 0 Å². The molecule has 0 spiro atoms. The number of benzene rings is 1. The molecule has 0 aliphatic rings. The van der Waals surface area contributed by atoms with Gasteiger partial charge in [0.1, 0.15) is 5.15 Å². The second-order valence-electron chi connectivity index (χ2n) is 3.80. The Kier molecular flexibility index (Phi) is 3.87. The SMILES string of the molecule is Cc1c(Cl)cccc1Nc1nc(Cl)ccc1[N+](=O)[O-]. The summed E-state index contributed by atoms with van der Waals surface area (Å²) < 4.78 is 0. The molecule has 1 heterocycles. The van der Waals surface area contributed by atoms with Gasteiger partial charge in [0.05, 0.1) is 4.92 Å². The summed E-state index contributed by atoms with van der Waals surface area (Å²) >= 11 is 11.8. The molecule has 0 radical (unpaired) electrons. The molecule has 0 aliphatic heterocycles. The summed E-state index contributed by atoms with van der Waals surface area (Å²) in [6, 6.07) is 7.91. The Bertz CT molecular complexity index is 647. The van der Waals surface area contributed by atoms with E-state index in [9.17, 15) is 10.1 Å². The van der Waals surface area contributed by atoms with Crippen LogP contribution < -0.4 is 5.32 Å². The second kappa shape index (κ2) is 5.42. The van der Waals surface area contributed by atoms with Crippen LogP contribution in [-0.2, 0) is 0 Å². The van der Waals surface area contributed by atoms with E-state index in [-0.39, 0.29) is 16.7 Å². The van der Waals surface area contributed by atoms with Crippen molar-refractivity contribution in [3.05, 3.63) is 56.2 Å². The zero-order valence-electron chi connectivity index (χ0n) is 9.85. The molecule has 0 saturated carbocycles. The Morgan fingerprint density at radius 3 is 2.68 bits per heavy atom. The molecule has 0 saturated heterocycles. The van der Waals surface area contributed by atoms with E-state index in [2.05, 4.69) is 10.3 Å². The van der Waals surface area contributed by atoms with Gasteiger partial charge in [-0.05, 0) is 30.7 Å². The van der Waals surface area contributed by atoms with E-state index < -0.39 is 4.92 Å². The minimum absolute atomic E-state index is 0.0860. The predicted molar refractivity (Wildman–Crippen MR) is 75.4 cm³/mol.